The van der Waals surface area contributed by atoms with Crippen LogP contribution in [0.15, 0.2) is 84.9 Å². The van der Waals surface area contributed by atoms with E-state index in [1.165, 1.54) is 14.2 Å². The van der Waals surface area contributed by atoms with Crippen molar-refractivity contribution < 1.29 is 28.7 Å². The van der Waals surface area contributed by atoms with Gasteiger partial charge in [-0.05, 0) is 123 Å². The van der Waals surface area contributed by atoms with Gasteiger partial charge in [-0.15, -0.1) is 0 Å². The Morgan fingerprint density at radius 1 is 0.617 bits per heavy atom. The second kappa shape index (κ2) is 18.8. The van der Waals surface area contributed by atoms with E-state index < -0.39 is 11.1 Å². The number of ether oxygens (including phenoxy) is 2. The number of carbonyl (C=O) groups excluding carboxylic acids is 4. The third kappa shape index (κ3) is 9.49. The largest absolute Gasteiger partial charge is 0.469 e. The van der Waals surface area contributed by atoms with Crippen LogP contribution < -0.4 is 21.3 Å². The maximum atomic E-state index is 13.5. The molecule has 4 aliphatic rings. The number of benzene rings is 4. The van der Waals surface area contributed by atoms with Crippen LogP contribution in [-0.4, -0.2) is 51.1 Å². The fourth-order valence-electron chi connectivity index (χ4n) is 8.60. The molecule has 0 saturated heterocycles. The average Bonchev–Trinajstić information content (AvgIpc) is 4.17. The molecule has 0 radical (unpaired) electrons. The summed E-state index contributed by atoms with van der Waals surface area (Å²) in [4.78, 5) is 51.1. The van der Waals surface area contributed by atoms with Gasteiger partial charge in [0.15, 0.2) is 0 Å². The van der Waals surface area contributed by atoms with Crippen LogP contribution in [0.3, 0.4) is 0 Å². The number of esters is 2. The Morgan fingerprint density at radius 2 is 1.00 bits per heavy atom. The van der Waals surface area contributed by atoms with E-state index in [4.69, 9.17) is 55.9 Å². The Bertz CT molecular complexity index is 2110. The molecule has 0 spiro atoms. The molecule has 4 aromatic rings. The van der Waals surface area contributed by atoms with Gasteiger partial charge >= 0.3 is 11.9 Å². The summed E-state index contributed by atoms with van der Waals surface area (Å²) in [6, 6.07) is 25.9. The van der Waals surface area contributed by atoms with Crippen molar-refractivity contribution in [3.63, 3.8) is 0 Å². The lowest BCUT2D eigenvalue weighted by molar-refractivity contribution is -0.142. The first-order valence-electron chi connectivity index (χ1n) is 20.3. The van der Waals surface area contributed by atoms with E-state index >= 15 is 0 Å². The molecule has 14 heteroatoms. The van der Waals surface area contributed by atoms with E-state index in [2.05, 4.69) is 21.3 Å². The van der Waals surface area contributed by atoms with E-state index in [0.29, 0.717) is 56.1 Å². The molecule has 60 heavy (non-hydrogen) atoms. The Balaban J connectivity index is 0.000000181. The highest BCUT2D eigenvalue weighted by Gasteiger charge is 2.54. The minimum atomic E-state index is -1.03. The van der Waals surface area contributed by atoms with E-state index in [-0.39, 0.29) is 48.4 Å². The third-order valence-corrected chi connectivity index (χ3v) is 13.0. The summed E-state index contributed by atoms with van der Waals surface area (Å²) >= 11 is 25.0. The van der Waals surface area contributed by atoms with Crippen LogP contribution in [-0.2, 0) is 39.7 Å². The highest BCUT2D eigenvalue weighted by atomic mass is 35.5. The first-order chi connectivity index (χ1) is 28.9. The predicted molar refractivity (Wildman–Crippen MR) is 236 cm³/mol. The van der Waals surface area contributed by atoms with Crippen molar-refractivity contribution in [2.75, 3.05) is 37.9 Å². The number of anilines is 2. The lowest BCUT2D eigenvalue weighted by Crippen LogP contribution is -2.53. The van der Waals surface area contributed by atoms with Gasteiger partial charge in [-0.25, -0.2) is 0 Å². The van der Waals surface area contributed by atoms with E-state index in [9.17, 15) is 19.2 Å². The second-order valence-corrected chi connectivity index (χ2v) is 17.7. The molecule has 4 aromatic carbocycles. The number of nitrogens with one attached hydrogen (secondary N) is 4. The van der Waals surface area contributed by atoms with Crippen LogP contribution >= 0.6 is 46.4 Å². The monoisotopic (exact) mass is 892 g/mol. The van der Waals surface area contributed by atoms with Gasteiger partial charge in [-0.3, -0.25) is 29.8 Å². The van der Waals surface area contributed by atoms with Gasteiger partial charge in [0.25, 0.3) is 0 Å². The lowest BCUT2D eigenvalue weighted by atomic mass is 9.72. The van der Waals surface area contributed by atoms with Crippen LogP contribution in [0.4, 0.5) is 11.4 Å². The number of amides is 2. The maximum absolute atomic E-state index is 13.5. The fraction of sp³-hybridized carbons (Fsp3) is 0.391. The van der Waals surface area contributed by atoms with E-state index in [1.54, 1.807) is 36.4 Å². The normalized spacial score (nSPS) is 21.1. The van der Waals surface area contributed by atoms with Crippen molar-refractivity contribution in [1.82, 2.24) is 10.6 Å². The predicted octanol–water partition coefficient (Wildman–Crippen LogP) is 9.75. The number of carbonyl (C=O) groups is 4. The zero-order valence-electron chi connectivity index (χ0n) is 33.4. The molecule has 2 aliphatic carbocycles. The number of methoxy groups -OCH3 is 2. The molecule has 316 valence electrons. The summed E-state index contributed by atoms with van der Waals surface area (Å²) in [5.41, 5.74) is 2.81. The van der Waals surface area contributed by atoms with Gasteiger partial charge in [-0.2, -0.15) is 0 Å². The third-order valence-electron chi connectivity index (χ3n) is 12.0. The molecule has 2 aliphatic heterocycles. The van der Waals surface area contributed by atoms with Crippen molar-refractivity contribution >= 4 is 81.5 Å². The topological polar surface area (TPSA) is 135 Å². The molecule has 0 unspecified atom stereocenters. The highest BCUT2D eigenvalue weighted by Crippen LogP contribution is 2.51. The number of fused-ring (bicyclic) bond motifs is 2. The molecule has 10 nitrogen and oxygen atoms in total. The molecule has 2 fully saturated rings. The molecule has 0 bridgehead atoms. The summed E-state index contributed by atoms with van der Waals surface area (Å²) in [5.74, 6) is -0.431. The highest BCUT2D eigenvalue weighted by molar-refractivity contribution is 6.32. The van der Waals surface area contributed by atoms with Gasteiger partial charge in [0.05, 0.1) is 14.2 Å². The zero-order chi connectivity index (χ0) is 42.6. The second-order valence-electron chi connectivity index (χ2n) is 16.0. The van der Waals surface area contributed by atoms with E-state index in [0.717, 1.165) is 61.0 Å². The minimum Gasteiger partial charge on any atom is -0.469 e. The van der Waals surface area contributed by atoms with Crippen LogP contribution in [0.25, 0.3) is 0 Å². The van der Waals surface area contributed by atoms with Crippen LogP contribution in [0, 0.1) is 11.8 Å². The summed E-state index contributed by atoms with van der Waals surface area (Å²) in [6.07, 6.45) is 5.86. The molecule has 4 N–H and O–H groups in total. The van der Waals surface area contributed by atoms with Gasteiger partial charge < -0.3 is 20.1 Å². The molecule has 4 atom stereocenters. The Hall–Kier alpha value is -4.16. The summed E-state index contributed by atoms with van der Waals surface area (Å²) in [5, 5.41) is 15.5. The molecule has 0 aromatic heterocycles. The van der Waals surface area contributed by atoms with Gasteiger partial charge in [0.1, 0.15) is 11.1 Å². The average molecular weight is 895 g/mol. The zero-order valence-corrected chi connectivity index (χ0v) is 36.4. The van der Waals surface area contributed by atoms with Gasteiger partial charge in [0, 0.05) is 67.3 Å². The fourth-order valence-corrected chi connectivity index (χ4v) is 9.34. The van der Waals surface area contributed by atoms with Crippen molar-refractivity contribution in [2.24, 2.45) is 11.8 Å². The maximum Gasteiger partial charge on any atom is 0.305 e. The summed E-state index contributed by atoms with van der Waals surface area (Å²) < 4.78 is 9.75. The first kappa shape index (κ1) is 43.9. The summed E-state index contributed by atoms with van der Waals surface area (Å²) in [7, 11) is 2.74. The van der Waals surface area contributed by atoms with Crippen LogP contribution in [0.1, 0.15) is 85.5 Å². The van der Waals surface area contributed by atoms with Crippen molar-refractivity contribution in [3.05, 3.63) is 127 Å². The standard InChI is InChI=1S/2C23H24Cl2N2O3/c2*1-30-21(28)10-9-18(15-3-2-4-16(24)11-15)23(26-13-14-5-6-14)19-8-7-17(25)12-20(19)27-22(23)29/h2*2-4,7-8,11-12,14,18,26H,5-6,9-10,13H2,1H3,(H,27,29)/t2*18-,23+/m10/s1. The minimum absolute atomic E-state index is 0.143. The van der Waals surface area contributed by atoms with Crippen molar-refractivity contribution in [2.45, 2.75) is 74.3 Å². The summed E-state index contributed by atoms with van der Waals surface area (Å²) in [6.45, 7) is 1.45. The molecular formula is C46H48Cl4N4O6. The quantitative estimate of drug-likeness (QED) is 0.0818. The van der Waals surface area contributed by atoms with Crippen LogP contribution in [0.5, 0.6) is 0 Å². The van der Waals surface area contributed by atoms with Gasteiger partial charge in [0.2, 0.25) is 11.8 Å². The molecular weight excluding hydrogens is 846 g/mol. The Morgan fingerprint density at radius 3 is 1.35 bits per heavy atom. The molecule has 2 heterocycles. The number of hydrogen-bond donors (Lipinski definition) is 4. The molecule has 2 saturated carbocycles. The number of hydrogen-bond acceptors (Lipinski definition) is 8. The van der Waals surface area contributed by atoms with Gasteiger partial charge in [-0.1, -0.05) is 82.8 Å². The lowest BCUT2D eigenvalue weighted by Gasteiger charge is -2.37. The van der Waals surface area contributed by atoms with Crippen molar-refractivity contribution in [1.29, 1.82) is 0 Å². The molecule has 8 rings (SSSR count). The first-order valence-corrected chi connectivity index (χ1v) is 21.8. The number of rotatable bonds is 16. The Labute approximate surface area is 370 Å². The van der Waals surface area contributed by atoms with E-state index in [1.807, 2.05) is 48.5 Å². The Kier molecular flexibility index (Phi) is 13.8. The number of halogens is 4. The molecule has 2 amide bonds. The van der Waals surface area contributed by atoms with Crippen molar-refractivity contribution in [3.8, 4) is 0 Å². The SMILES string of the molecule is COC(=O)CC[C@@H](c1cccc(Cl)c1)[C@]1(NCC2CC2)C(=O)Nc2cc(Cl)ccc21.COC(=O)CC[C@H](c1cccc(Cl)c1)[C@@]1(NCC2CC2)C(=O)Nc2cc(Cl)ccc21. The smallest absolute Gasteiger partial charge is 0.305 e. The van der Waals surface area contributed by atoms with Crippen LogP contribution in [0.2, 0.25) is 20.1 Å².